The number of carbonyl (C=O) groups excluding carboxylic acids is 2. The third kappa shape index (κ3) is 3.72. The van der Waals surface area contributed by atoms with Gasteiger partial charge in [0.1, 0.15) is 17.1 Å². The normalized spacial score (nSPS) is 21.6. The maximum Gasteiger partial charge on any atom is 0.260 e. The van der Waals surface area contributed by atoms with Crippen molar-refractivity contribution >= 4 is 11.8 Å². The van der Waals surface area contributed by atoms with Gasteiger partial charge in [-0.25, -0.2) is 0 Å². The van der Waals surface area contributed by atoms with Crippen LogP contribution in [0.4, 0.5) is 0 Å². The molecule has 7 heteroatoms. The van der Waals surface area contributed by atoms with Crippen molar-refractivity contribution in [1.29, 1.82) is 0 Å². The quantitative estimate of drug-likeness (QED) is 0.892. The second-order valence-corrected chi connectivity index (χ2v) is 6.86. The summed E-state index contributed by atoms with van der Waals surface area (Å²) in [6, 6.07) is 10.7. The van der Waals surface area contributed by atoms with Crippen molar-refractivity contribution in [3.8, 4) is 11.5 Å². The summed E-state index contributed by atoms with van der Waals surface area (Å²) in [6.45, 7) is 1.38. The number of pyridine rings is 1. The predicted molar refractivity (Wildman–Crippen MR) is 97.7 cm³/mol. The number of aromatic nitrogens is 1. The lowest BCUT2D eigenvalue weighted by Crippen LogP contribution is -2.58. The molecule has 4 rings (SSSR count). The molecule has 3 heterocycles. The number of hydrogen-bond acceptors (Lipinski definition) is 5. The van der Waals surface area contributed by atoms with E-state index in [1.54, 1.807) is 41.6 Å². The van der Waals surface area contributed by atoms with Gasteiger partial charge in [0.05, 0.1) is 24.8 Å². The van der Waals surface area contributed by atoms with Gasteiger partial charge in [0, 0.05) is 12.7 Å². The molecule has 27 heavy (non-hydrogen) atoms. The summed E-state index contributed by atoms with van der Waals surface area (Å²) >= 11 is 0. The fourth-order valence-corrected chi connectivity index (χ4v) is 3.56. The molecule has 0 radical (unpaired) electrons. The summed E-state index contributed by atoms with van der Waals surface area (Å²) in [5, 5.41) is 2.94. The molecule has 0 saturated carbocycles. The van der Waals surface area contributed by atoms with Crippen LogP contribution in [-0.4, -0.2) is 53.5 Å². The van der Waals surface area contributed by atoms with Crippen molar-refractivity contribution in [2.45, 2.75) is 18.4 Å². The summed E-state index contributed by atoms with van der Waals surface area (Å²) < 4.78 is 11.8. The number of likely N-dealkylation sites (tertiary alicyclic amines) is 1. The van der Waals surface area contributed by atoms with Crippen LogP contribution in [0.5, 0.6) is 11.5 Å². The van der Waals surface area contributed by atoms with Crippen LogP contribution < -0.4 is 14.8 Å². The zero-order valence-electron chi connectivity index (χ0n) is 14.9. The third-order valence-corrected chi connectivity index (χ3v) is 4.92. The number of piperidine rings is 1. The molecular formula is C20H21N3O4. The van der Waals surface area contributed by atoms with E-state index in [0.717, 1.165) is 12.8 Å². The SMILES string of the molecule is O=C1NCC2(CCCN(C(=O)COc3cccnc3)C2)Oc2ccccc21. The molecule has 2 aromatic rings. The molecule has 2 aliphatic heterocycles. The average Bonchev–Trinajstić information content (AvgIpc) is 2.84. The van der Waals surface area contributed by atoms with E-state index in [0.29, 0.717) is 36.7 Å². The maximum absolute atomic E-state index is 12.6. The fourth-order valence-electron chi connectivity index (χ4n) is 3.56. The van der Waals surface area contributed by atoms with Gasteiger partial charge in [-0.1, -0.05) is 12.1 Å². The van der Waals surface area contributed by atoms with Crippen LogP contribution in [0.3, 0.4) is 0 Å². The Morgan fingerprint density at radius 3 is 3.04 bits per heavy atom. The highest BCUT2D eigenvalue weighted by Crippen LogP contribution is 2.32. The Morgan fingerprint density at radius 2 is 2.19 bits per heavy atom. The van der Waals surface area contributed by atoms with E-state index in [1.165, 1.54) is 0 Å². The van der Waals surface area contributed by atoms with E-state index in [-0.39, 0.29) is 18.4 Å². The topological polar surface area (TPSA) is 80.8 Å². The fraction of sp³-hybridized carbons (Fsp3) is 0.350. The van der Waals surface area contributed by atoms with Gasteiger partial charge in [0.25, 0.3) is 11.8 Å². The van der Waals surface area contributed by atoms with E-state index >= 15 is 0 Å². The summed E-state index contributed by atoms with van der Waals surface area (Å²) in [5.41, 5.74) is -0.0949. The molecule has 7 nitrogen and oxygen atoms in total. The zero-order chi connectivity index (χ0) is 18.7. The van der Waals surface area contributed by atoms with Crippen molar-refractivity contribution in [3.63, 3.8) is 0 Å². The van der Waals surface area contributed by atoms with E-state index < -0.39 is 5.60 Å². The Bertz CT molecular complexity index is 842. The Labute approximate surface area is 157 Å². The first-order chi connectivity index (χ1) is 13.2. The highest BCUT2D eigenvalue weighted by molar-refractivity contribution is 5.97. The average molecular weight is 367 g/mol. The molecule has 0 bridgehead atoms. The maximum atomic E-state index is 12.6. The van der Waals surface area contributed by atoms with Gasteiger partial charge in [-0.15, -0.1) is 0 Å². The molecule has 1 spiro atoms. The van der Waals surface area contributed by atoms with Crippen molar-refractivity contribution in [2.75, 3.05) is 26.2 Å². The number of nitrogens with one attached hydrogen (secondary N) is 1. The second-order valence-electron chi connectivity index (χ2n) is 6.86. The highest BCUT2D eigenvalue weighted by atomic mass is 16.5. The Morgan fingerprint density at radius 1 is 1.30 bits per heavy atom. The number of carbonyl (C=O) groups is 2. The molecule has 1 atom stereocenters. The van der Waals surface area contributed by atoms with Gasteiger partial charge < -0.3 is 19.7 Å². The molecule has 2 aliphatic rings. The number of nitrogens with zero attached hydrogens (tertiary/aromatic N) is 2. The van der Waals surface area contributed by atoms with Crippen molar-refractivity contribution in [2.24, 2.45) is 0 Å². The Hall–Kier alpha value is -3.09. The van der Waals surface area contributed by atoms with Crippen LogP contribution in [0.2, 0.25) is 0 Å². The first-order valence-corrected chi connectivity index (χ1v) is 9.02. The predicted octanol–water partition coefficient (Wildman–Crippen LogP) is 1.64. The van der Waals surface area contributed by atoms with Gasteiger partial charge in [-0.3, -0.25) is 14.6 Å². The number of para-hydroxylation sites is 1. The molecule has 1 N–H and O–H groups in total. The lowest BCUT2D eigenvalue weighted by Gasteiger charge is -2.42. The van der Waals surface area contributed by atoms with Crippen LogP contribution in [0.1, 0.15) is 23.2 Å². The lowest BCUT2D eigenvalue weighted by atomic mass is 9.92. The second kappa shape index (κ2) is 7.26. The van der Waals surface area contributed by atoms with Crippen LogP contribution in [0.25, 0.3) is 0 Å². The number of hydrogen-bond donors (Lipinski definition) is 1. The minimum absolute atomic E-state index is 0.0509. The van der Waals surface area contributed by atoms with Gasteiger partial charge in [-0.05, 0) is 37.1 Å². The molecule has 1 aromatic heterocycles. The van der Waals surface area contributed by atoms with Crippen molar-refractivity contribution in [3.05, 3.63) is 54.4 Å². The van der Waals surface area contributed by atoms with Crippen molar-refractivity contribution in [1.82, 2.24) is 15.2 Å². The van der Waals surface area contributed by atoms with Gasteiger partial charge in [-0.2, -0.15) is 0 Å². The summed E-state index contributed by atoms with van der Waals surface area (Å²) in [4.78, 5) is 30.7. The first-order valence-electron chi connectivity index (χ1n) is 9.02. The number of fused-ring (bicyclic) bond motifs is 1. The molecular weight excluding hydrogens is 346 g/mol. The minimum Gasteiger partial charge on any atom is -0.483 e. The minimum atomic E-state index is -0.621. The van der Waals surface area contributed by atoms with E-state index in [1.807, 2.05) is 12.1 Å². The van der Waals surface area contributed by atoms with E-state index in [4.69, 9.17) is 9.47 Å². The number of ether oxygens (including phenoxy) is 2. The largest absolute Gasteiger partial charge is 0.483 e. The van der Waals surface area contributed by atoms with Gasteiger partial charge in [0.2, 0.25) is 0 Å². The molecule has 1 unspecified atom stereocenters. The molecule has 0 aliphatic carbocycles. The van der Waals surface area contributed by atoms with Crippen LogP contribution >= 0.6 is 0 Å². The smallest absolute Gasteiger partial charge is 0.260 e. The van der Waals surface area contributed by atoms with Crippen LogP contribution in [0.15, 0.2) is 48.8 Å². The van der Waals surface area contributed by atoms with Gasteiger partial charge in [0.15, 0.2) is 6.61 Å². The van der Waals surface area contributed by atoms with Crippen molar-refractivity contribution < 1.29 is 19.1 Å². The molecule has 1 aromatic carbocycles. The third-order valence-electron chi connectivity index (χ3n) is 4.92. The molecule has 140 valence electrons. The van der Waals surface area contributed by atoms with E-state index in [2.05, 4.69) is 10.3 Å². The van der Waals surface area contributed by atoms with Crippen LogP contribution in [-0.2, 0) is 4.79 Å². The lowest BCUT2D eigenvalue weighted by molar-refractivity contribution is -0.138. The first kappa shape index (κ1) is 17.3. The standard InChI is InChI=1S/C20H21N3O4/c24-18(12-26-15-5-3-9-21-11-15)23-10-4-8-20(14-23)13-22-19(25)16-6-1-2-7-17(16)27-20/h1-3,5-7,9,11H,4,8,10,12-14H2,(H,22,25). The molecule has 2 amide bonds. The molecule has 1 saturated heterocycles. The Kier molecular flexibility index (Phi) is 4.66. The van der Waals surface area contributed by atoms with Gasteiger partial charge >= 0.3 is 0 Å². The Balaban J connectivity index is 1.46. The summed E-state index contributed by atoms with van der Waals surface area (Å²) in [5.74, 6) is 0.870. The zero-order valence-corrected chi connectivity index (χ0v) is 14.9. The monoisotopic (exact) mass is 367 g/mol. The summed E-state index contributed by atoms with van der Waals surface area (Å²) in [7, 11) is 0. The highest BCUT2D eigenvalue weighted by Gasteiger charge is 2.42. The van der Waals surface area contributed by atoms with E-state index in [9.17, 15) is 9.59 Å². The summed E-state index contributed by atoms with van der Waals surface area (Å²) in [6.07, 6.45) is 4.80. The number of benzene rings is 1. The number of rotatable bonds is 3. The molecule has 1 fully saturated rings. The van der Waals surface area contributed by atoms with Crippen LogP contribution in [0, 0.1) is 0 Å². The number of amides is 2.